The van der Waals surface area contributed by atoms with Gasteiger partial charge in [0.2, 0.25) is 11.9 Å². The lowest BCUT2D eigenvalue weighted by Gasteiger charge is -2.26. The molecule has 0 unspecified atom stereocenters. The average molecular weight is 550 g/mol. The first kappa shape index (κ1) is 28.4. The minimum absolute atomic E-state index is 0.0677. The fourth-order valence-electron chi connectivity index (χ4n) is 4.65. The van der Waals surface area contributed by atoms with Crippen LogP contribution in [0.1, 0.15) is 54.4 Å². The van der Waals surface area contributed by atoms with Crippen molar-refractivity contribution >= 4 is 29.3 Å². The molecule has 4 N–H and O–H groups in total. The largest absolute Gasteiger partial charge is 0.495 e. The number of nitrogens with one attached hydrogen (secondary N) is 4. The SMILES string of the molecule is COc1cc(C(=O)NC2CCNCC2)ccc1Nc1ncc(C(F)(F)F)c(NCCCN2CCCCC2=O)n1. The highest BCUT2D eigenvalue weighted by atomic mass is 19.4. The number of nitrogens with zero attached hydrogens (tertiary/aromatic N) is 3. The molecule has 10 nitrogen and oxygen atoms in total. The van der Waals surface area contributed by atoms with Gasteiger partial charge in [0.15, 0.2) is 0 Å². The number of benzene rings is 1. The molecule has 13 heteroatoms. The van der Waals surface area contributed by atoms with Crippen molar-refractivity contribution in [2.45, 2.75) is 50.7 Å². The van der Waals surface area contributed by atoms with Crippen LogP contribution in [0.2, 0.25) is 0 Å². The number of amides is 2. The number of alkyl halides is 3. The maximum atomic E-state index is 13.6. The third-order valence-electron chi connectivity index (χ3n) is 6.80. The van der Waals surface area contributed by atoms with Crippen LogP contribution in [-0.2, 0) is 11.0 Å². The molecule has 0 saturated carbocycles. The van der Waals surface area contributed by atoms with Crippen molar-refractivity contribution < 1.29 is 27.5 Å². The fraction of sp³-hybridized carbons (Fsp3) is 0.538. The lowest BCUT2D eigenvalue weighted by molar-refractivity contribution is -0.137. The second kappa shape index (κ2) is 13.0. The maximum absolute atomic E-state index is 13.6. The van der Waals surface area contributed by atoms with E-state index in [0.717, 1.165) is 45.0 Å². The van der Waals surface area contributed by atoms with E-state index >= 15 is 0 Å². The molecule has 0 radical (unpaired) electrons. The van der Waals surface area contributed by atoms with E-state index in [1.54, 1.807) is 23.1 Å². The van der Waals surface area contributed by atoms with Crippen LogP contribution in [0.3, 0.4) is 0 Å². The number of hydrogen-bond donors (Lipinski definition) is 4. The van der Waals surface area contributed by atoms with Crippen LogP contribution in [0.25, 0.3) is 0 Å². The molecule has 3 heterocycles. The van der Waals surface area contributed by atoms with Gasteiger partial charge in [-0.25, -0.2) is 4.98 Å². The molecule has 0 spiro atoms. The van der Waals surface area contributed by atoms with E-state index < -0.39 is 11.7 Å². The highest BCUT2D eigenvalue weighted by molar-refractivity contribution is 5.95. The normalized spacial score (nSPS) is 16.6. The van der Waals surface area contributed by atoms with Gasteiger partial charge in [0.05, 0.1) is 12.8 Å². The molecule has 2 saturated heterocycles. The highest BCUT2D eigenvalue weighted by Gasteiger charge is 2.35. The zero-order valence-corrected chi connectivity index (χ0v) is 21.9. The molecular formula is C26H34F3N7O3. The summed E-state index contributed by atoms with van der Waals surface area (Å²) in [6.45, 7) is 3.04. The first-order valence-electron chi connectivity index (χ1n) is 13.2. The van der Waals surface area contributed by atoms with Crippen molar-refractivity contribution in [1.82, 2.24) is 25.5 Å². The molecule has 2 aliphatic rings. The molecule has 39 heavy (non-hydrogen) atoms. The monoisotopic (exact) mass is 549 g/mol. The summed E-state index contributed by atoms with van der Waals surface area (Å²) < 4.78 is 46.2. The van der Waals surface area contributed by atoms with Gasteiger partial charge in [-0.2, -0.15) is 18.2 Å². The van der Waals surface area contributed by atoms with Crippen molar-refractivity contribution in [3.8, 4) is 5.75 Å². The van der Waals surface area contributed by atoms with E-state index in [-0.39, 0.29) is 36.2 Å². The quantitative estimate of drug-likeness (QED) is 0.332. The topological polar surface area (TPSA) is 121 Å². The van der Waals surface area contributed by atoms with Gasteiger partial charge in [-0.05, 0) is 63.4 Å². The Hall–Kier alpha value is -3.61. The van der Waals surface area contributed by atoms with Gasteiger partial charge in [0, 0.05) is 43.9 Å². The number of methoxy groups -OCH3 is 1. The van der Waals surface area contributed by atoms with Crippen LogP contribution >= 0.6 is 0 Å². The van der Waals surface area contributed by atoms with Crippen LogP contribution in [0.15, 0.2) is 24.4 Å². The summed E-state index contributed by atoms with van der Waals surface area (Å²) in [6, 6.07) is 4.85. The van der Waals surface area contributed by atoms with E-state index in [0.29, 0.717) is 42.9 Å². The maximum Gasteiger partial charge on any atom is 0.421 e. The average Bonchev–Trinajstić information content (AvgIpc) is 2.92. The van der Waals surface area contributed by atoms with Gasteiger partial charge in [-0.1, -0.05) is 0 Å². The van der Waals surface area contributed by atoms with Crippen molar-refractivity contribution in [2.24, 2.45) is 0 Å². The van der Waals surface area contributed by atoms with Crippen LogP contribution in [0, 0.1) is 0 Å². The van der Waals surface area contributed by atoms with Gasteiger partial charge >= 0.3 is 6.18 Å². The number of ether oxygens (including phenoxy) is 1. The van der Waals surface area contributed by atoms with Crippen molar-refractivity contribution in [3.63, 3.8) is 0 Å². The molecule has 2 fully saturated rings. The molecule has 212 valence electrons. The lowest BCUT2D eigenvalue weighted by atomic mass is 10.1. The summed E-state index contributed by atoms with van der Waals surface area (Å²) in [5.41, 5.74) is -0.192. The van der Waals surface area contributed by atoms with E-state index in [2.05, 4.69) is 31.2 Å². The number of carbonyl (C=O) groups is 2. The van der Waals surface area contributed by atoms with Crippen molar-refractivity contribution in [3.05, 3.63) is 35.5 Å². The molecule has 4 rings (SSSR count). The van der Waals surface area contributed by atoms with Crippen molar-refractivity contribution in [2.75, 3.05) is 50.5 Å². The van der Waals surface area contributed by atoms with Crippen molar-refractivity contribution in [1.29, 1.82) is 0 Å². The molecular weight excluding hydrogens is 515 g/mol. The predicted octanol–water partition coefficient (Wildman–Crippen LogP) is 3.54. The molecule has 1 aromatic carbocycles. The number of halogens is 3. The zero-order valence-electron chi connectivity index (χ0n) is 21.9. The number of likely N-dealkylation sites (tertiary alicyclic amines) is 1. The molecule has 0 atom stereocenters. The first-order chi connectivity index (χ1) is 18.7. The number of piperidine rings is 2. The molecule has 0 aliphatic carbocycles. The molecule has 2 amide bonds. The summed E-state index contributed by atoms with van der Waals surface area (Å²) in [5.74, 6) is -0.259. The molecule has 2 aromatic rings. The van der Waals surface area contributed by atoms with Crippen LogP contribution in [0.5, 0.6) is 5.75 Å². The number of carbonyl (C=O) groups excluding carboxylic acids is 2. The Kier molecular flexibility index (Phi) is 9.44. The second-order valence-corrected chi connectivity index (χ2v) is 9.61. The van der Waals surface area contributed by atoms with E-state index in [1.807, 2.05) is 0 Å². The van der Waals surface area contributed by atoms with Gasteiger partial charge in [0.25, 0.3) is 5.91 Å². The summed E-state index contributed by atoms with van der Waals surface area (Å²) in [7, 11) is 1.43. The van der Waals surface area contributed by atoms with Gasteiger partial charge in [0.1, 0.15) is 17.1 Å². The van der Waals surface area contributed by atoms with Crippen LogP contribution in [-0.4, -0.2) is 72.6 Å². The Labute approximate surface area is 225 Å². The van der Waals surface area contributed by atoms with Crippen LogP contribution < -0.4 is 26.0 Å². The van der Waals surface area contributed by atoms with E-state index in [1.165, 1.54) is 7.11 Å². The first-order valence-corrected chi connectivity index (χ1v) is 13.2. The summed E-state index contributed by atoms with van der Waals surface area (Å²) in [4.78, 5) is 34.3. The Bertz CT molecular complexity index is 1160. The number of aromatic nitrogens is 2. The molecule has 0 bridgehead atoms. The third kappa shape index (κ3) is 7.71. The minimum atomic E-state index is -4.65. The highest BCUT2D eigenvalue weighted by Crippen LogP contribution is 2.35. The van der Waals surface area contributed by atoms with E-state index in [4.69, 9.17) is 4.74 Å². The Balaban J connectivity index is 1.43. The standard InChI is InChI=1S/C26H34F3N7O3/c1-39-21-15-17(24(38)33-18-8-11-30-12-9-18)6-7-20(21)34-25-32-16-19(26(27,28)29)23(35-25)31-10-4-14-36-13-3-2-5-22(36)37/h6-7,15-16,18,30H,2-5,8-14H2,1H3,(H,33,38)(H2,31,32,34,35). The predicted molar refractivity (Wildman–Crippen MR) is 140 cm³/mol. The van der Waals surface area contributed by atoms with Gasteiger partial charge < -0.3 is 30.9 Å². The Morgan fingerprint density at radius 2 is 2.03 bits per heavy atom. The molecule has 1 aromatic heterocycles. The van der Waals surface area contributed by atoms with Crippen LogP contribution in [0.4, 0.5) is 30.6 Å². The second-order valence-electron chi connectivity index (χ2n) is 9.61. The third-order valence-corrected chi connectivity index (χ3v) is 6.80. The lowest BCUT2D eigenvalue weighted by Crippen LogP contribution is -2.42. The minimum Gasteiger partial charge on any atom is -0.495 e. The zero-order chi connectivity index (χ0) is 27.8. The Morgan fingerprint density at radius 3 is 2.74 bits per heavy atom. The molecule has 2 aliphatic heterocycles. The summed E-state index contributed by atoms with van der Waals surface area (Å²) in [6.07, 6.45) is 0.569. The number of rotatable bonds is 10. The number of anilines is 3. The van der Waals surface area contributed by atoms with Gasteiger partial charge in [-0.3, -0.25) is 9.59 Å². The van der Waals surface area contributed by atoms with E-state index in [9.17, 15) is 22.8 Å². The number of hydrogen-bond acceptors (Lipinski definition) is 8. The Morgan fingerprint density at radius 1 is 1.23 bits per heavy atom. The smallest absolute Gasteiger partial charge is 0.421 e. The summed E-state index contributed by atoms with van der Waals surface area (Å²) >= 11 is 0. The van der Waals surface area contributed by atoms with Gasteiger partial charge in [-0.15, -0.1) is 0 Å². The summed E-state index contributed by atoms with van der Waals surface area (Å²) in [5, 5.41) is 11.9. The fourth-order valence-corrected chi connectivity index (χ4v) is 4.65.